The highest BCUT2D eigenvalue weighted by atomic mass is 19.3. The molecular formula is C14H16F2N2O3. The summed E-state index contributed by atoms with van der Waals surface area (Å²) in [5.74, 6) is -0.560. The summed E-state index contributed by atoms with van der Waals surface area (Å²) < 4.78 is 28.4. The molecule has 1 N–H and O–H groups in total. The summed E-state index contributed by atoms with van der Waals surface area (Å²) >= 11 is 0. The van der Waals surface area contributed by atoms with E-state index in [1.165, 1.54) is 29.2 Å². The highest BCUT2D eigenvalue weighted by Crippen LogP contribution is 2.22. The van der Waals surface area contributed by atoms with E-state index in [-0.39, 0.29) is 17.6 Å². The van der Waals surface area contributed by atoms with Crippen LogP contribution < -0.4 is 10.1 Å². The smallest absolute Gasteiger partial charge is 0.387 e. The molecule has 1 aromatic rings. The zero-order valence-corrected chi connectivity index (χ0v) is 11.7. The van der Waals surface area contributed by atoms with Gasteiger partial charge in [-0.05, 0) is 38.1 Å². The van der Waals surface area contributed by atoms with E-state index in [0.717, 1.165) is 0 Å². The van der Waals surface area contributed by atoms with Gasteiger partial charge < -0.3 is 15.0 Å². The molecule has 2 rings (SSSR count). The zero-order valence-electron chi connectivity index (χ0n) is 11.7. The van der Waals surface area contributed by atoms with Gasteiger partial charge in [-0.25, -0.2) is 0 Å². The Bertz CT molecular complexity index is 544. The number of ether oxygens (including phenoxy) is 1. The minimum absolute atomic E-state index is 0.0165. The number of carbonyl (C=O) groups excluding carboxylic acids is 2. The monoisotopic (exact) mass is 298 g/mol. The van der Waals surface area contributed by atoms with Gasteiger partial charge in [0, 0.05) is 18.7 Å². The lowest BCUT2D eigenvalue weighted by Crippen LogP contribution is -2.63. The molecule has 0 spiro atoms. The summed E-state index contributed by atoms with van der Waals surface area (Å²) in [6.07, 6.45) is 0. The number of halogens is 2. The van der Waals surface area contributed by atoms with Gasteiger partial charge in [-0.3, -0.25) is 9.59 Å². The summed E-state index contributed by atoms with van der Waals surface area (Å²) in [6, 6.07) is 5.41. The largest absolute Gasteiger partial charge is 0.435 e. The standard InChI is InChI=1S/C14H16F2N2O3/c1-14(2)12(20)17-7-8-18(14)11(19)9-3-5-10(6-4-9)21-13(15)16/h3-6,13H,7-8H2,1-2H3,(H,17,20). The van der Waals surface area contributed by atoms with Crippen molar-refractivity contribution in [3.63, 3.8) is 0 Å². The average molecular weight is 298 g/mol. The molecule has 0 aromatic heterocycles. The van der Waals surface area contributed by atoms with Crippen molar-refractivity contribution >= 4 is 11.8 Å². The van der Waals surface area contributed by atoms with Gasteiger partial charge in [0.1, 0.15) is 11.3 Å². The molecule has 0 aliphatic carbocycles. The van der Waals surface area contributed by atoms with Crippen molar-refractivity contribution in [3.05, 3.63) is 29.8 Å². The van der Waals surface area contributed by atoms with Crippen LogP contribution in [0.25, 0.3) is 0 Å². The summed E-state index contributed by atoms with van der Waals surface area (Å²) in [5, 5.41) is 2.70. The number of piperazine rings is 1. The summed E-state index contributed by atoms with van der Waals surface area (Å²) in [5.41, 5.74) is -0.632. The number of hydrogen-bond donors (Lipinski definition) is 1. The number of amides is 2. The summed E-state index contributed by atoms with van der Waals surface area (Å²) in [4.78, 5) is 25.7. The molecule has 1 heterocycles. The zero-order chi connectivity index (χ0) is 15.6. The number of carbonyl (C=O) groups is 2. The molecule has 1 aliphatic rings. The Morgan fingerprint density at radius 2 is 1.95 bits per heavy atom. The van der Waals surface area contributed by atoms with E-state index >= 15 is 0 Å². The Hall–Kier alpha value is -2.18. The predicted molar refractivity (Wildman–Crippen MR) is 71.2 cm³/mol. The van der Waals surface area contributed by atoms with E-state index in [9.17, 15) is 18.4 Å². The summed E-state index contributed by atoms with van der Waals surface area (Å²) in [7, 11) is 0. The van der Waals surface area contributed by atoms with Crippen molar-refractivity contribution in [1.29, 1.82) is 0 Å². The molecule has 2 amide bonds. The van der Waals surface area contributed by atoms with Gasteiger partial charge in [0.25, 0.3) is 5.91 Å². The summed E-state index contributed by atoms with van der Waals surface area (Å²) in [6.45, 7) is 1.20. The fourth-order valence-electron chi connectivity index (χ4n) is 2.19. The van der Waals surface area contributed by atoms with E-state index in [2.05, 4.69) is 10.1 Å². The molecule has 1 aromatic carbocycles. The van der Waals surface area contributed by atoms with Gasteiger partial charge in [0.15, 0.2) is 0 Å². The second kappa shape index (κ2) is 5.67. The van der Waals surface area contributed by atoms with Crippen molar-refractivity contribution in [1.82, 2.24) is 10.2 Å². The molecule has 0 atom stereocenters. The fourth-order valence-corrected chi connectivity index (χ4v) is 2.19. The highest BCUT2D eigenvalue weighted by Gasteiger charge is 2.40. The van der Waals surface area contributed by atoms with E-state index in [1.54, 1.807) is 13.8 Å². The second-order valence-electron chi connectivity index (χ2n) is 5.17. The quantitative estimate of drug-likeness (QED) is 0.923. The molecule has 21 heavy (non-hydrogen) atoms. The van der Waals surface area contributed by atoms with E-state index in [0.29, 0.717) is 18.7 Å². The molecule has 1 saturated heterocycles. The SMILES string of the molecule is CC1(C)C(=O)NCCN1C(=O)c1ccc(OC(F)F)cc1. The van der Waals surface area contributed by atoms with Gasteiger partial charge in [0.2, 0.25) is 5.91 Å². The van der Waals surface area contributed by atoms with E-state index in [4.69, 9.17) is 0 Å². The lowest BCUT2D eigenvalue weighted by molar-refractivity contribution is -0.133. The molecule has 0 saturated carbocycles. The molecule has 5 nitrogen and oxygen atoms in total. The van der Waals surface area contributed by atoms with Crippen molar-refractivity contribution in [2.24, 2.45) is 0 Å². The van der Waals surface area contributed by atoms with Crippen molar-refractivity contribution in [2.75, 3.05) is 13.1 Å². The van der Waals surface area contributed by atoms with Crippen LogP contribution in [0.3, 0.4) is 0 Å². The molecule has 0 bridgehead atoms. The van der Waals surface area contributed by atoms with Crippen LogP contribution in [0.5, 0.6) is 5.75 Å². The topological polar surface area (TPSA) is 58.6 Å². The van der Waals surface area contributed by atoms with Crippen LogP contribution in [-0.4, -0.2) is 42.0 Å². The first kappa shape index (κ1) is 15.2. The van der Waals surface area contributed by atoms with E-state index in [1.807, 2.05) is 0 Å². The Morgan fingerprint density at radius 1 is 1.33 bits per heavy atom. The van der Waals surface area contributed by atoms with Crippen LogP contribution in [0.2, 0.25) is 0 Å². The third-order valence-corrected chi connectivity index (χ3v) is 3.42. The Morgan fingerprint density at radius 3 is 2.52 bits per heavy atom. The number of benzene rings is 1. The molecule has 0 radical (unpaired) electrons. The Labute approximate surface area is 120 Å². The number of nitrogens with zero attached hydrogens (tertiary/aromatic N) is 1. The number of hydrogen-bond acceptors (Lipinski definition) is 3. The first-order valence-corrected chi connectivity index (χ1v) is 6.47. The molecule has 0 unspecified atom stereocenters. The number of rotatable bonds is 3. The number of alkyl halides is 2. The van der Waals surface area contributed by atoms with Gasteiger partial charge in [0.05, 0.1) is 0 Å². The third-order valence-electron chi connectivity index (χ3n) is 3.42. The van der Waals surface area contributed by atoms with Crippen molar-refractivity contribution < 1.29 is 23.1 Å². The Balaban J connectivity index is 2.17. The van der Waals surface area contributed by atoms with Gasteiger partial charge in [-0.1, -0.05) is 0 Å². The molecule has 114 valence electrons. The van der Waals surface area contributed by atoms with Gasteiger partial charge in [-0.2, -0.15) is 8.78 Å². The average Bonchev–Trinajstić information content (AvgIpc) is 2.41. The van der Waals surface area contributed by atoms with Gasteiger partial charge >= 0.3 is 6.61 Å². The highest BCUT2D eigenvalue weighted by molar-refractivity contribution is 5.99. The van der Waals surface area contributed by atoms with Crippen LogP contribution in [0.1, 0.15) is 24.2 Å². The fraction of sp³-hybridized carbons (Fsp3) is 0.429. The Kier molecular flexibility index (Phi) is 4.11. The lowest BCUT2D eigenvalue weighted by Gasteiger charge is -2.41. The molecule has 1 aliphatic heterocycles. The molecular weight excluding hydrogens is 282 g/mol. The molecule has 7 heteroatoms. The lowest BCUT2D eigenvalue weighted by atomic mass is 9.97. The normalized spacial score (nSPS) is 17.6. The minimum atomic E-state index is -2.91. The first-order chi connectivity index (χ1) is 9.82. The van der Waals surface area contributed by atoms with Crippen LogP contribution in [0, 0.1) is 0 Å². The molecule has 1 fully saturated rings. The maximum atomic E-state index is 12.5. The van der Waals surface area contributed by atoms with Crippen LogP contribution in [0.4, 0.5) is 8.78 Å². The second-order valence-corrected chi connectivity index (χ2v) is 5.17. The van der Waals surface area contributed by atoms with Crippen LogP contribution in [-0.2, 0) is 4.79 Å². The van der Waals surface area contributed by atoms with Gasteiger partial charge in [-0.15, -0.1) is 0 Å². The third kappa shape index (κ3) is 3.12. The van der Waals surface area contributed by atoms with Crippen molar-refractivity contribution in [3.8, 4) is 5.75 Å². The number of nitrogens with one attached hydrogen (secondary N) is 1. The minimum Gasteiger partial charge on any atom is -0.435 e. The van der Waals surface area contributed by atoms with Crippen LogP contribution >= 0.6 is 0 Å². The van der Waals surface area contributed by atoms with Crippen molar-refractivity contribution in [2.45, 2.75) is 26.0 Å². The first-order valence-electron chi connectivity index (χ1n) is 6.47. The maximum absolute atomic E-state index is 12.5. The van der Waals surface area contributed by atoms with Crippen LogP contribution in [0.15, 0.2) is 24.3 Å². The predicted octanol–water partition coefficient (Wildman–Crippen LogP) is 1.64. The maximum Gasteiger partial charge on any atom is 0.387 e. The van der Waals surface area contributed by atoms with E-state index < -0.39 is 12.2 Å².